The fourth-order valence-corrected chi connectivity index (χ4v) is 5.09. The predicted octanol–water partition coefficient (Wildman–Crippen LogP) is 7.85. The van der Waals surface area contributed by atoms with Gasteiger partial charge in [0.15, 0.2) is 5.78 Å². The maximum absolute atomic E-state index is 13.2. The summed E-state index contributed by atoms with van der Waals surface area (Å²) in [5.74, 6) is -0.454. The van der Waals surface area contributed by atoms with E-state index >= 15 is 0 Å². The SMILES string of the molecule is CC(=O)O/N=C(/c1ccc(Sc2ccc(C(=O)c3cccc4ccccc34)cc2)cc1)c1ccccc1C. The van der Waals surface area contributed by atoms with Crippen molar-refractivity contribution in [3.8, 4) is 0 Å². The molecule has 0 heterocycles. The molecule has 0 aliphatic heterocycles. The lowest BCUT2D eigenvalue weighted by molar-refractivity contribution is -0.140. The van der Waals surface area contributed by atoms with Crippen LogP contribution in [0.2, 0.25) is 0 Å². The second-order valence-electron chi connectivity index (χ2n) is 8.84. The Morgan fingerprint density at radius 3 is 1.92 bits per heavy atom. The van der Waals surface area contributed by atoms with Gasteiger partial charge in [-0.15, -0.1) is 0 Å². The van der Waals surface area contributed by atoms with Crippen LogP contribution in [0.3, 0.4) is 0 Å². The summed E-state index contributed by atoms with van der Waals surface area (Å²) in [6.07, 6.45) is 0. The maximum atomic E-state index is 13.2. The van der Waals surface area contributed by atoms with Gasteiger partial charge in [0.25, 0.3) is 0 Å². The summed E-state index contributed by atoms with van der Waals surface area (Å²) in [6.45, 7) is 3.33. The van der Waals surface area contributed by atoms with Gasteiger partial charge in [-0.05, 0) is 59.7 Å². The molecule has 5 aromatic rings. The van der Waals surface area contributed by atoms with Gasteiger partial charge in [0, 0.05) is 39.0 Å². The first-order chi connectivity index (χ1) is 18.5. The molecular weight excluding hydrogens is 490 g/mol. The van der Waals surface area contributed by atoms with Gasteiger partial charge in [-0.3, -0.25) is 4.79 Å². The summed E-state index contributed by atoms with van der Waals surface area (Å²) in [4.78, 5) is 31.7. The number of nitrogens with zero attached hydrogens (tertiary/aromatic N) is 1. The largest absolute Gasteiger partial charge is 0.332 e. The van der Waals surface area contributed by atoms with Crippen LogP contribution >= 0.6 is 11.8 Å². The number of fused-ring (bicyclic) bond motifs is 1. The molecule has 0 aromatic heterocycles. The van der Waals surface area contributed by atoms with E-state index in [4.69, 9.17) is 4.84 Å². The van der Waals surface area contributed by atoms with E-state index in [0.29, 0.717) is 16.8 Å². The lowest BCUT2D eigenvalue weighted by atomic mass is 9.97. The van der Waals surface area contributed by atoms with Crippen LogP contribution < -0.4 is 0 Å². The topological polar surface area (TPSA) is 55.7 Å². The zero-order valence-electron chi connectivity index (χ0n) is 21.0. The molecule has 0 saturated carbocycles. The Hall–Kier alpha value is -4.48. The quantitative estimate of drug-likeness (QED) is 0.0959. The van der Waals surface area contributed by atoms with Gasteiger partial charge in [0.05, 0.1) is 0 Å². The molecule has 0 aliphatic carbocycles. The van der Waals surface area contributed by atoms with Crippen molar-refractivity contribution in [3.63, 3.8) is 0 Å². The molecule has 0 aliphatic rings. The molecule has 4 nitrogen and oxygen atoms in total. The second kappa shape index (κ2) is 11.3. The van der Waals surface area contributed by atoms with E-state index in [2.05, 4.69) is 5.16 Å². The fraction of sp³-hybridized carbons (Fsp3) is 0.0606. The fourth-order valence-electron chi connectivity index (χ4n) is 4.28. The third kappa shape index (κ3) is 5.58. The van der Waals surface area contributed by atoms with Crippen molar-refractivity contribution >= 4 is 40.0 Å². The molecule has 0 amide bonds. The highest BCUT2D eigenvalue weighted by Crippen LogP contribution is 2.30. The lowest BCUT2D eigenvalue weighted by Crippen LogP contribution is -2.07. The zero-order valence-corrected chi connectivity index (χ0v) is 21.9. The molecule has 0 atom stereocenters. The van der Waals surface area contributed by atoms with Crippen molar-refractivity contribution < 1.29 is 14.4 Å². The van der Waals surface area contributed by atoms with E-state index in [9.17, 15) is 9.59 Å². The highest BCUT2D eigenvalue weighted by atomic mass is 32.2. The van der Waals surface area contributed by atoms with E-state index in [1.54, 1.807) is 11.8 Å². The first-order valence-electron chi connectivity index (χ1n) is 12.2. The zero-order chi connectivity index (χ0) is 26.5. The molecule has 38 heavy (non-hydrogen) atoms. The number of carbonyl (C=O) groups is 2. The Labute approximate surface area is 226 Å². The van der Waals surface area contributed by atoms with Gasteiger partial charge in [0.2, 0.25) is 0 Å². The molecule has 0 bridgehead atoms. The number of ketones is 1. The Morgan fingerprint density at radius 2 is 1.24 bits per heavy atom. The van der Waals surface area contributed by atoms with Crippen LogP contribution in [0.25, 0.3) is 10.8 Å². The first kappa shape index (κ1) is 25.2. The second-order valence-corrected chi connectivity index (χ2v) is 9.99. The van der Waals surface area contributed by atoms with Gasteiger partial charge < -0.3 is 4.84 Å². The molecule has 5 heteroatoms. The van der Waals surface area contributed by atoms with Gasteiger partial charge in [-0.25, -0.2) is 4.79 Å². The average molecular weight is 516 g/mol. The molecule has 0 radical (unpaired) electrons. The van der Waals surface area contributed by atoms with E-state index in [1.165, 1.54) is 6.92 Å². The molecule has 0 saturated heterocycles. The number of aryl methyl sites for hydroxylation is 1. The third-order valence-corrected chi connectivity index (χ3v) is 7.20. The van der Waals surface area contributed by atoms with Crippen molar-refractivity contribution in [1.82, 2.24) is 0 Å². The molecule has 0 spiro atoms. The smallest absolute Gasteiger partial charge is 0.318 e. The average Bonchev–Trinajstić information content (AvgIpc) is 2.94. The number of carbonyl (C=O) groups excluding carboxylic acids is 2. The Bertz CT molecular complexity index is 1650. The van der Waals surface area contributed by atoms with Gasteiger partial charge >= 0.3 is 5.97 Å². The summed E-state index contributed by atoms with van der Waals surface area (Å²) < 4.78 is 0. The van der Waals surface area contributed by atoms with Gasteiger partial charge in [-0.2, -0.15) is 0 Å². The molecule has 5 rings (SSSR count). The van der Waals surface area contributed by atoms with Crippen LogP contribution in [0.5, 0.6) is 0 Å². The van der Waals surface area contributed by atoms with Crippen LogP contribution in [0.15, 0.2) is 130 Å². The highest BCUT2D eigenvalue weighted by molar-refractivity contribution is 7.99. The summed E-state index contributed by atoms with van der Waals surface area (Å²) in [7, 11) is 0. The minimum atomic E-state index is -0.467. The Balaban J connectivity index is 1.34. The number of rotatable bonds is 7. The summed E-state index contributed by atoms with van der Waals surface area (Å²) in [6, 6.07) is 37.3. The molecule has 5 aromatic carbocycles. The number of oxime groups is 1. The van der Waals surface area contributed by atoms with Crippen LogP contribution in [0.1, 0.15) is 39.5 Å². The number of benzene rings is 5. The Kier molecular flexibility index (Phi) is 7.47. The number of hydrogen-bond donors (Lipinski definition) is 0. The lowest BCUT2D eigenvalue weighted by Gasteiger charge is -2.10. The van der Waals surface area contributed by atoms with Gasteiger partial charge in [-0.1, -0.05) is 95.8 Å². The van der Waals surface area contributed by atoms with Crippen molar-refractivity contribution in [2.75, 3.05) is 0 Å². The third-order valence-electron chi connectivity index (χ3n) is 6.18. The summed E-state index contributed by atoms with van der Waals surface area (Å²) >= 11 is 1.61. The van der Waals surface area contributed by atoms with Crippen LogP contribution in [0, 0.1) is 6.92 Å². The Morgan fingerprint density at radius 1 is 0.658 bits per heavy atom. The van der Waals surface area contributed by atoms with Crippen molar-refractivity contribution in [1.29, 1.82) is 0 Å². The first-order valence-corrected chi connectivity index (χ1v) is 13.0. The molecule has 186 valence electrons. The normalized spacial score (nSPS) is 11.4. The van der Waals surface area contributed by atoms with Gasteiger partial charge in [0.1, 0.15) is 5.71 Å². The van der Waals surface area contributed by atoms with Crippen LogP contribution in [-0.4, -0.2) is 17.5 Å². The van der Waals surface area contributed by atoms with E-state index in [-0.39, 0.29) is 5.78 Å². The number of hydrogen-bond acceptors (Lipinski definition) is 5. The van der Waals surface area contributed by atoms with Crippen LogP contribution in [0.4, 0.5) is 0 Å². The standard InChI is InChI=1S/C33H25NO3S/c1-22-8-3-5-11-29(22)32(34-37-23(2)35)25-14-18-27(19-15-25)38-28-20-16-26(17-21-28)33(36)31-13-7-10-24-9-4-6-12-30(24)31/h3-21H,1-2H3/b34-32-. The summed E-state index contributed by atoms with van der Waals surface area (Å²) in [5, 5.41) is 6.15. The summed E-state index contributed by atoms with van der Waals surface area (Å²) in [5.41, 5.74) is 4.76. The van der Waals surface area contributed by atoms with E-state index < -0.39 is 5.97 Å². The monoisotopic (exact) mass is 515 g/mol. The molecule has 0 unspecified atom stereocenters. The molecule has 0 fully saturated rings. The van der Waals surface area contributed by atoms with E-state index in [0.717, 1.165) is 37.3 Å². The highest BCUT2D eigenvalue weighted by Gasteiger charge is 2.14. The predicted molar refractivity (Wildman–Crippen MR) is 153 cm³/mol. The van der Waals surface area contributed by atoms with Crippen LogP contribution in [-0.2, 0) is 9.63 Å². The minimum Gasteiger partial charge on any atom is -0.318 e. The maximum Gasteiger partial charge on any atom is 0.332 e. The van der Waals surface area contributed by atoms with Crippen molar-refractivity contribution in [2.45, 2.75) is 23.6 Å². The molecule has 0 N–H and O–H groups in total. The minimum absolute atomic E-state index is 0.0125. The van der Waals surface area contributed by atoms with Crippen molar-refractivity contribution in [3.05, 3.63) is 143 Å². The molecular formula is C33H25NO3S. The van der Waals surface area contributed by atoms with Crippen molar-refractivity contribution in [2.24, 2.45) is 5.16 Å². The van der Waals surface area contributed by atoms with E-state index in [1.807, 2.05) is 122 Å².